The van der Waals surface area contributed by atoms with Crippen molar-refractivity contribution < 1.29 is 80.2 Å². The first-order chi connectivity index (χ1) is 45.1. The molecule has 0 aromatic heterocycles. The van der Waals surface area contributed by atoms with E-state index in [-0.39, 0.29) is 25.7 Å². The number of aliphatic hydroxyl groups is 1. The fourth-order valence-corrected chi connectivity index (χ4v) is 13.0. The maximum atomic E-state index is 13.1. The molecule has 17 nitrogen and oxygen atoms in total. The van der Waals surface area contributed by atoms with Crippen LogP contribution in [0.25, 0.3) is 0 Å². The van der Waals surface area contributed by atoms with Crippen molar-refractivity contribution in [1.82, 2.24) is 0 Å². The highest BCUT2D eigenvalue weighted by Crippen LogP contribution is 2.45. The molecule has 3 unspecified atom stereocenters. The molecule has 0 rings (SSSR count). The van der Waals surface area contributed by atoms with Crippen LogP contribution in [-0.2, 0) is 65.4 Å². The molecular formula is C75H146O17P2. The summed E-state index contributed by atoms with van der Waals surface area (Å²) >= 11 is 0. The maximum absolute atomic E-state index is 13.1. The van der Waals surface area contributed by atoms with E-state index in [9.17, 15) is 43.2 Å². The lowest BCUT2D eigenvalue weighted by atomic mass is 10.0. The molecule has 0 aromatic rings. The van der Waals surface area contributed by atoms with E-state index < -0.39 is 97.5 Å². The van der Waals surface area contributed by atoms with Crippen LogP contribution < -0.4 is 0 Å². The van der Waals surface area contributed by atoms with Crippen molar-refractivity contribution in [3.63, 3.8) is 0 Å². The summed E-state index contributed by atoms with van der Waals surface area (Å²) in [6.07, 6.45) is 48.6. The predicted molar refractivity (Wildman–Crippen MR) is 381 cm³/mol. The van der Waals surface area contributed by atoms with Gasteiger partial charge in [0.1, 0.15) is 19.3 Å². The summed E-state index contributed by atoms with van der Waals surface area (Å²) < 4.78 is 68.5. The molecule has 0 saturated carbocycles. The van der Waals surface area contributed by atoms with Crippen molar-refractivity contribution in [1.29, 1.82) is 0 Å². The maximum Gasteiger partial charge on any atom is 0.472 e. The zero-order valence-corrected chi connectivity index (χ0v) is 63.4. The molecule has 0 spiro atoms. The fraction of sp³-hybridized carbons (Fsp3) is 0.947. The number of ether oxygens (including phenoxy) is 4. The number of esters is 4. The molecule has 0 radical (unpaired) electrons. The van der Waals surface area contributed by atoms with E-state index in [1.165, 1.54) is 173 Å². The SMILES string of the molecule is CC(C)CCCCCCCCCCCCCCCC(=O)O[C@H](COC(=O)CCCCCCCCCC(C)C)COP(=O)(O)OCC(O)COP(=O)(O)OC[C@@H](COC(=O)CCCCCCCCCCCCCC(C)C)OC(=O)CCCCCCCCCCCCCC(C)C. The van der Waals surface area contributed by atoms with Gasteiger partial charge in [-0.25, -0.2) is 9.13 Å². The number of carbonyl (C=O) groups is 4. The Morgan fingerprint density at radius 3 is 0.660 bits per heavy atom. The lowest BCUT2D eigenvalue weighted by Gasteiger charge is -2.21. The Morgan fingerprint density at radius 1 is 0.266 bits per heavy atom. The Kier molecular flexibility index (Phi) is 63.1. The predicted octanol–water partition coefficient (Wildman–Crippen LogP) is 21.7. The first kappa shape index (κ1) is 92.1. The van der Waals surface area contributed by atoms with Gasteiger partial charge in [0.25, 0.3) is 0 Å². The van der Waals surface area contributed by atoms with Gasteiger partial charge in [0, 0.05) is 25.7 Å². The molecule has 0 aliphatic rings. The van der Waals surface area contributed by atoms with Crippen LogP contribution in [0.2, 0.25) is 0 Å². The lowest BCUT2D eigenvalue weighted by molar-refractivity contribution is -0.161. The number of unbranched alkanes of at least 4 members (excludes halogenated alkanes) is 38. The lowest BCUT2D eigenvalue weighted by Crippen LogP contribution is -2.30. The Morgan fingerprint density at radius 2 is 0.447 bits per heavy atom. The van der Waals surface area contributed by atoms with Gasteiger partial charge in [0.05, 0.1) is 26.4 Å². The van der Waals surface area contributed by atoms with Crippen molar-refractivity contribution in [2.24, 2.45) is 23.7 Å². The van der Waals surface area contributed by atoms with Gasteiger partial charge in [0.2, 0.25) is 0 Å². The molecule has 3 N–H and O–H groups in total. The van der Waals surface area contributed by atoms with Crippen LogP contribution in [0, 0.1) is 23.7 Å². The van der Waals surface area contributed by atoms with Crippen molar-refractivity contribution in [2.75, 3.05) is 39.6 Å². The average Bonchev–Trinajstić information content (AvgIpc) is 1.25. The van der Waals surface area contributed by atoms with Gasteiger partial charge in [0.15, 0.2) is 12.2 Å². The van der Waals surface area contributed by atoms with E-state index >= 15 is 0 Å². The number of aliphatic hydroxyl groups excluding tert-OH is 1. The van der Waals surface area contributed by atoms with Gasteiger partial charge in [-0.15, -0.1) is 0 Å². The molecule has 5 atom stereocenters. The minimum Gasteiger partial charge on any atom is -0.462 e. The number of hydrogen-bond acceptors (Lipinski definition) is 15. The molecule has 0 heterocycles. The summed E-state index contributed by atoms with van der Waals surface area (Å²) in [4.78, 5) is 72.8. The first-order valence-electron chi connectivity index (χ1n) is 38.7. The van der Waals surface area contributed by atoms with Crippen LogP contribution in [0.15, 0.2) is 0 Å². The highest BCUT2D eigenvalue weighted by atomic mass is 31.2. The van der Waals surface area contributed by atoms with Gasteiger partial charge in [-0.05, 0) is 49.4 Å². The van der Waals surface area contributed by atoms with E-state index in [0.717, 1.165) is 114 Å². The third kappa shape index (κ3) is 68.6. The topological polar surface area (TPSA) is 237 Å². The number of carbonyl (C=O) groups excluding carboxylic acids is 4. The molecular weight excluding hydrogens is 1230 g/mol. The van der Waals surface area contributed by atoms with E-state index in [4.69, 9.17) is 37.0 Å². The first-order valence-corrected chi connectivity index (χ1v) is 41.7. The zero-order chi connectivity index (χ0) is 69.6. The average molecular weight is 1380 g/mol. The summed E-state index contributed by atoms with van der Waals surface area (Å²) in [5.41, 5.74) is 0. The Balaban J connectivity index is 5.25. The Hall–Kier alpha value is -1.94. The summed E-state index contributed by atoms with van der Waals surface area (Å²) in [5, 5.41) is 10.6. The minimum absolute atomic E-state index is 0.106. The fourth-order valence-electron chi connectivity index (χ4n) is 11.4. The molecule has 0 amide bonds. The highest BCUT2D eigenvalue weighted by molar-refractivity contribution is 7.47. The van der Waals surface area contributed by atoms with Crippen LogP contribution >= 0.6 is 15.6 Å². The normalized spacial score (nSPS) is 14.2. The second kappa shape index (κ2) is 64.4. The third-order valence-corrected chi connectivity index (χ3v) is 19.2. The smallest absolute Gasteiger partial charge is 0.462 e. The quantitative estimate of drug-likeness (QED) is 0.0222. The number of rotatable bonds is 72. The Labute approximate surface area is 575 Å². The van der Waals surface area contributed by atoms with Gasteiger partial charge in [-0.3, -0.25) is 37.3 Å². The van der Waals surface area contributed by atoms with Crippen LogP contribution in [0.3, 0.4) is 0 Å². The molecule has 19 heteroatoms. The molecule has 0 aromatic carbocycles. The van der Waals surface area contributed by atoms with E-state index in [2.05, 4.69) is 55.4 Å². The van der Waals surface area contributed by atoms with Gasteiger partial charge in [-0.1, -0.05) is 325 Å². The molecule has 0 bridgehead atoms. The molecule has 94 heavy (non-hydrogen) atoms. The summed E-state index contributed by atoms with van der Waals surface area (Å²) in [5.74, 6) is 0.906. The molecule has 0 aliphatic heterocycles. The number of phosphoric ester groups is 2. The Bertz CT molecular complexity index is 1850. The molecule has 0 saturated heterocycles. The van der Waals surface area contributed by atoms with E-state index in [0.29, 0.717) is 31.6 Å². The van der Waals surface area contributed by atoms with Crippen LogP contribution in [0.5, 0.6) is 0 Å². The minimum atomic E-state index is -4.96. The number of phosphoric acid groups is 2. The van der Waals surface area contributed by atoms with Crippen molar-refractivity contribution in [2.45, 2.75) is 395 Å². The standard InChI is InChI=1S/C75H146O17P2/c1-65(2)51-43-35-27-20-14-10-9-11-17-24-32-41-49-57-74(79)92-71(62-86-73(78)56-48-40-34-26-30-38-46-54-68(7)8)64-90-94(83,84)88-60-69(76)59-87-93(81,82)89-63-70(91-75(80)58-50-42-33-25-19-13-16-22-29-37-45-53-67(5)6)61-85-72(77)55-47-39-31-23-18-12-15-21-28-36-44-52-66(3)4/h65-71,76H,9-64H2,1-8H3,(H,81,82)(H,83,84)/t69?,70-,71-/m1/s1. The molecule has 0 fully saturated rings. The second-order valence-corrected chi connectivity index (χ2v) is 31.9. The highest BCUT2D eigenvalue weighted by Gasteiger charge is 2.30. The van der Waals surface area contributed by atoms with E-state index in [1.807, 2.05) is 0 Å². The van der Waals surface area contributed by atoms with Crippen LogP contribution in [0.1, 0.15) is 376 Å². The van der Waals surface area contributed by atoms with Crippen LogP contribution in [-0.4, -0.2) is 96.7 Å². The largest absolute Gasteiger partial charge is 0.472 e. The second-order valence-electron chi connectivity index (χ2n) is 28.9. The third-order valence-electron chi connectivity index (χ3n) is 17.3. The summed E-state index contributed by atoms with van der Waals surface area (Å²) in [6, 6.07) is 0. The van der Waals surface area contributed by atoms with Crippen molar-refractivity contribution in [3.05, 3.63) is 0 Å². The summed E-state index contributed by atoms with van der Waals surface area (Å²) in [6.45, 7) is 14.2. The van der Waals surface area contributed by atoms with E-state index in [1.54, 1.807) is 0 Å². The van der Waals surface area contributed by atoms with Crippen LogP contribution in [0.4, 0.5) is 0 Å². The van der Waals surface area contributed by atoms with Crippen molar-refractivity contribution >= 4 is 39.5 Å². The molecule has 0 aliphatic carbocycles. The van der Waals surface area contributed by atoms with Crippen molar-refractivity contribution in [3.8, 4) is 0 Å². The monoisotopic (exact) mass is 1380 g/mol. The number of hydrogen-bond donors (Lipinski definition) is 3. The summed E-state index contributed by atoms with van der Waals surface area (Å²) in [7, 11) is -9.91. The van der Waals surface area contributed by atoms with Gasteiger partial charge >= 0.3 is 39.5 Å². The van der Waals surface area contributed by atoms with Gasteiger partial charge < -0.3 is 33.8 Å². The zero-order valence-electron chi connectivity index (χ0n) is 61.6. The van der Waals surface area contributed by atoms with Gasteiger partial charge in [-0.2, -0.15) is 0 Å². The molecule has 558 valence electrons.